The van der Waals surface area contributed by atoms with Gasteiger partial charge in [-0.25, -0.2) is 0 Å². The van der Waals surface area contributed by atoms with Crippen LogP contribution in [0, 0.1) is 0 Å². The first-order valence-corrected chi connectivity index (χ1v) is 5.71. The Bertz CT molecular complexity index is 319. The Hall–Kier alpha value is -1.35. The van der Waals surface area contributed by atoms with Crippen LogP contribution in [0.25, 0.3) is 0 Å². The minimum Gasteiger partial charge on any atom is -0.488 e. The van der Waals surface area contributed by atoms with Gasteiger partial charge in [-0.2, -0.15) is 0 Å². The van der Waals surface area contributed by atoms with Crippen LogP contribution >= 0.6 is 0 Å². The first kappa shape index (κ1) is 12.7. The molecule has 1 aromatic heterocycles. The molecule has 0 radical (unpaired) electrons. The zero-order valence-corrected chi connectivity index (χ0v) is 10.1. The first-order valence-electron chi connectivity index (χ1n) is 5.71. The van der Waals surface area contributed by atoms with Gasteiger partial charge in [0.05, 0.1) is 11.9 Å². The van der Waals surface area contributed by atoms with E-state index < -0.39 is 0 Å². The molecule has 0 aromatic carbocycles. The zero-order chi connectivity index (χ0) is 11.8. The monoisotopic (exact) mass is 220 g/mol. The van der Waals surface area contributed by atoms with E-state index in [1.54, 1.807) is 6.20 Å². The SMILES string of the molecule is C=C(CC)COc1ccc(CNCC)nc1. The van der Waals surface area contributed by atoms with E-state index in [1.165, 1.54) is 0 Å². The molecule has 88 valence electrons. The number of pyridine rings is 1. The third-order valence-corrected chi connectivity index (χ3v) is 2.30. The molecular weight excluding hydrogens is 200 g/mol. The Balaban J connectivity index is 2.41. The van der Waals surface area contributed by atoms with Crippen LogP contribution in [0.1, 0.15) is 26.0 Å². The Labute approximate surface area is 97.5 Å². The third-order valence-electron chi connectivity index (χ3n) is 2.30. The van der Waals surface area contributed by atoms with Crippen molar-refractivity contribution in [3.05, 3.63) is 36.2 Å². The van der Waals surface area contributed by atoms with Gasteiger partial charge in [0.25, 0.3) is 0 Å². The summed E-state index contributed by atoms with van der Waals surface area (Å²) in [6.07, 6.45) is 2.71. The Morgan fingerprint density at radius 2 is 2.25 bits per heavy atom. The second kappa shape index (κ2) is 7.01. The van der Waals surface area contributed by atoms with Crippen LogP contribution in [0.5, 0.6) is 5.75 Å². The zero-order valence-electron chi connectivity index (χ0n) is 10.1. The normalized spacial score (nSPS) is 10.1. The molecule has 0 aliphatic carbocycles. The molecule has 0 saturated heterocycles. The molecule has 1 N–H and O–H groups in total. The van der Waals surface area contributed by atoms with E-state index in [0.717, 1.165) is 36.5 Å². The maximum absolute atomic E-state index is 5.54. The standard InChI is InChI=1S/C13H20N2O/c1-4-11(3)10-16-13-7-6-12(15-9-13)8-14-5-2/h6-7,9,14H,3-5,8,10H2,1-2H3. The molecule has 0 bridgehead atoms. The Morgan fingerprint density at radius 1 is 1.44 bits per heavy atom. The van der Waals surface area contributed by atoms with Crippen molar-refractivity contribution in [2.45, 2.75) is 26.8 Å². The lowest BCUT2D eigenvalue weighted by Crippen LogP contribution is -2.12. The van der Waals surface area contributed by atoms with Gasteiger partial charge in [0.2, 0.25) is 0 Å². The van der Waals surface area contributed by atoms with Gasteiger partial charge < -0.3 is 10.1 Å². The van der Waals surface area contributed by atoms with Crippen molar-refractivity contribution in [3.63, 3.8) is 0 Å². The van der Waals surface area contributed by atoms with E-state index in [9.17, 15) is 0 Å². The summed E-state index contributed by atoms with van der Waals surface area (Å²) in [7, 11) is 0. The molecule has 0 aliphatic rings. The maximum Gasteiger partial charge on any atom is 0.138 e. The third kappa shape index (κ3) is 4.45. The van der Waals surface area contributed by atoms with Gasteiger partial charge in [-0.3, -0.25) is 4.98 Å². The van der Waals surface area contributed by atoms with Gasteiger partial charge in [0.15, 0.2) is 0 Å². The van der Waals surface area contributed by atoms with E-state index >= 15 is 0 Å². The van der Waals surface area contributed by atoms with Crippen LogP contribution in [0.2, 0.25) is 0 Å². The number of hydrogen-bond acceptors (Lipinski definition) is 3. The van der Waals surface area contributed by atoms with E-state index in [1.807, 2.05) is 12.1 Å². The molecule has 0 amide bonds. The molecule has 16 heavy (non-hydrogen) atoms. The minimum atomic E-state index is 0.574. The van der Waals surface area contributed by atoms with Gasteiger partial charge in [0.1, 0.15) is 12.4 Å². The largest absolute Gasteiger partial charge is 0.488 e. The summed E-state index contributed by atoms with van der Waals surface area (Å²) in [5.41, 5.74) is 2.13. The average molecular weight is 220 g/mol. The van der Waals surface area contributed by atoms with E-state index in [4.69, 9.17) is 4.74 Å². The predicted octanol–water partition coefficient (Wildman–Crippen LogP) is 2.54. The highest BCUT2D eigenvalue weighted by Crippen LogP contribution is 2.10. The van der Waals surface area contributed by atoms with Gasteiger partial charge in [-0.1, -0.05) is 20.4 Å². The minimum absolute atomic E-state index is 0.574. The smallest absolute Gasteiger partial charge is 0.138 e. The molecule has 0 aliphatic heterocycles. The molecule has 3 heteroatoms. The number of hydrogen-bond donors (Lipinski definition) is 1. The van der Waals surface area contributed by atoms with E-state index in [-0.39, 0.29) is 0 Å². The highest BCUT2D eigenvalue weighted by Gasteiger charge is 1.97. The summed E-state index contributed by atoms with van der Waals surface area (Å²) in [6, 6.07) is 3.93. The number of nitrogens with one attached hydrogen (secondary N) is 1. The van der Waals surface area contributed by atoms with Crippen LogP contribution in [0.15, 0.2) is 30.5 Å². The topological polar surface area (TPSA) is 34.1 Å². The number of rotatable bonds is 7. The second-order valence-corrected chi connectivity index (χ2v) is 3.66. The lowest BCUT2D eigenvalue weighted by Gasteiger charge is -2.07. The van der Waals surface area contributed by atoms with Crippen molar-refractivity contribution < 1.29 is 4.74 Å². The summed E-state index contributed by atoms with van der Waals surface area (Å²) in [6.45, 7) is 10.4. The van der Waals surface area contributed by atoms with E-state index in [2.05, 4.69) is 30.7 Å². The molecule has 1 rings (SSSR count). The highest BCUT2D eigenvalue weighted by atomic mass is 16.5. The van der Waals surface area contributed by atoms with Crippen LogP contribution in [-0.4, -0.2) is 18.1 Å². The quantitative estimate of drug-likeness (QED) is 0.717. The average Bonchev–Trinajstić information content (AvgIpc) is 2.34. The van der Waals surface area contributed by atoms with Crippen molar-refractivity contribution in [2.75, 3.05) is 13.2 Å². The van der Waals surface area contributed by atoms with Gasteiger partial charge in [-0.15, -0.1) is 0 Å². The molecule has 3 nitrogen and oxygen atoms in total. The summed E-state index contributed by atoms with van der Waals surface area (Å²) >= 11 is 0. The van der Waals surface area contributed by atoms with Crippen LogP contribution < -0.4 is 10.1 Å². The summed E-state index contributed by atoms with van der Waals surface area (Å²) in [4.78, 5) is 4.30. The van der Waals surface area contributed by atoms with Crippen molar-refractivity contribution in [2.24, 2.45) is 0 Å². The lowest BCUT2D eigenvalue weighted by atomic mass is 10.2. The van der Waals surface area contributed by atoms with Gasteiger partial charge >= 0.3 is 0 Å². The van der Waals surface area contributed by atoms with Crippen LogP contribution in [-0.2, 0) is 6.54 Å². The molecule has 0 fully saturated rings. The van der Waals surface area contributed by atoms with Crippen molar-refractivity contribution in [3.8, 4) is 5.75 Å². The van der Waals surface area contributed by atoms with Crippen LogP contribution in [0.4, 0.5) is 0 Å². The molecule has 1 aromatic rings. The molecular formula is C13H20N2O. The highest BCUT2D eigenvalue weighted by molar-refractivity contribution is 5.20. The number of aromatic nitrogens is 1. The van der Waals surface area contributed by atoms with Crippen molar-refractivity contribution in [1.82, 2.24) is 10.3 Å². The van der Waals surface area contributed by atoms with Crippen molar-refractivity contribution in [1.29, 1.82) is 0 Å². The Kier molecular flexibility index (Phi) is 5.57. The lowest BCUT2D eigenvalue weighted by molar-refractivity contribution is 0.347. The fourth-order valence-corrected chi connectivity index (χ4v) is 1.14. The maximum atomic E-state index is 5.54. The fourth-order valence-electron chi connectivity index (χ4n) is 1.14. The molecule has 0 atom stereocenters. The summed E-state index contributed by atoms with van der Waals surface area (Å²) < 4.78 is 5.54. The molecule has 1 heterocycles. The van der Waals surface area contributed by atoms with Gasteiger partial charge in [0, 0.05) is 6.54 Å². The first-order chi connectivity index (χ1) is 7.76. The number of ether oxygens (including phenoxy) is 1. The summed E-state index contributed by atoms with van der Waals surface area (Å²) in [5, 5.41) is 3.23. The predicted molar refractivity (Wildman–Crippen MR) is 66.5 cm³/mol. The molecule has 0 spiro atoms. The van der Waals surface area contributed by atoms with Crippen LogP contribution in [0.3, 0.4) is 0 Å². The van der Waals surface area contributed by atoms with E-state index in [0.29, 0.717) is 6.61 Å². The fraction of sp³-hybridized carbons (Fsp3) is 0.462. The van der Waals surface area contributed by atoms with Gasteiger partial charge in [-0.05, 0) is 30.7 Å². The summed E-state index contributed by atoms with van der Waals surface area (Å²) in [5.74, 6) is 0.801. The molecule has 0 unspecified atom stereocenters. The number of nitrogens with zero attached hydrogens (tertiary/aromatic N) is 1. The van der Waals surface area contributed by atoms with Crippen molar-refractivity contribution >= 4 is 0 Å². The Morgan fingerprint density at radius 3 is 2.81 bits per heavy atom. The second-order valence-electron chi connectivity index (χ2n) is 3.66. The molecule has 0 saturated carbocycles.